The Morgan fingerprint density at radius 3 is 1.80 bits per heavy atom. The molecule has 0 aromatic carbocycles. The highest BCUT2D eigenvalue weighted by Gasteiger charge is 2.39. The molecule has 0 saturated carbocycles. The van der Waals surface area contributed by atoms with Gasteiger partial charge in [-0.1, -0.05) is 6.92 Å². The number of ether oxygens (including phenoxy) is 1. The summed E-state index contributed by atoms with van der Waals surface area (Å²) in [4.78, 5) is 0. The first-order valence-corrected chi connectivity index (χ1v) is 4.06. The molecule has 0 amide bonds. The Balaban J connectivity index is 4.33. The Bertz CT molecular complexity index is 108. The first kappa shape index (κ1) is 10.6. The standard InChI is InChI=1S/C5H14IN3O/c1-3-4(7,10-2)5(6,8)9/h3,7-9H2,1-2H3. The van der Waals surface area contributed by atoms with Crippen molar-refractivity contribution in [2.24, 2.45) is 17.2 Å². The van der Waals surface area contributed by atoms with E-state index in [1.54, 1.807) is 0 Å². The van der Waals surface area contributed by atoms with Crippen LogP contribution in [-0.2, 0) is 4.74 Å². The molecule has 0 fully saturated rings. The van der Waals surface area contributed by atoms with Crippen molar-refractivity contribution in [1.82, 2.24) is 0 Å². The van der Waals surface area contributed by atoms with Gasteiger partial charge in [-0.3, -0.25) is 0 Å². The highest BCUT2D eigenvalue weighted by molar-refractivity contribution is 14.1. The van der Waals surface area contributed by atoms with Gasteiger partial charge in [-0.15, -0.1) is 0 Å². The zero-order valence-electron chi connectivity index (χ0n) is 6.23. The summed E-state index contributed by atoms with van der Waals surface area (Å²) in [6, 6.07) is 0. The van der Waals surface area contributed by atoms with E-state index in [1.807, 2.05) is 29.5 Å². The summed E-state index contributed by atoms with van der Waals surface area (Å²) in [5.74, 6) is 0. The van der Waals surface area contributed by atoms with Crippen molar-refractivity contribution in [2.75, 3.05) is 7.11 Å². The van der Waals surface area contributed by atoms with Crippen molar-refractivity contribution < 1.29 is 4.74 Å². The minimum atomic E-state index is -1.02. The Hall–Kier alpha value is 0.570. The Kier molecular flexibility index (Phi) is 3.50. The van der Waals surface area contributed by atoms with Gasteiger partial charge in [0, 0.05) is 7.11 Å². The van der Waals surface area contributed by atoms with Gasteiger partial charge in [0.1, 0.15) is 0 Å². The van der Waals surface area contributed by atoms with E-state index in [9.17, 15) is 0 Å². The van der Waals surface area contributed by atoms with Gasteiger partial charge in [0.2, 0.25) is 0 Å². The fraction of sp³-hybridized carbons (Fsp3) is 1.00. The Labute approximate surface area is 74.6 Å². The lowest BCUT2D eigenvalue weighted by Gasteiger charge is -2.36. The van der Waals surface area contributed by atoms with Crippen molar-refractivity contribution in [3.63, 3.8) is 0 Å². The first-order chi connectivity index (χ1) is 4.37. The molecular weight excluding hydrogens is 245 g/mol. The summed E-state index contributed by atoms with van der Waals surface area (Å²) in [5.41, 5.74) is 15.9. The minimum absolute atomic E-state index is 0.583. The van der Waals surface area contributed by atoms with Crippen LogP contribution in [0, 0.1) is 0 Å². The van der Waals surface area contributed by atoms with Crippen LogP contribution in [-0.4, -0.2) is 16.5 Å². The molecule has 1 unspecified atom stereocenters. The smallest absolute Gasteiger partial charge is 0.160 e. The molecule has 4 nitrogen and oxygen atoms in total. The molecule has 0 aliphatic heterocycles. The van der Waals surface area contributed by atoms with Crippen LogP contribution in [0.3, 0.4) is 0 Å². The molecule has 10 heavy (non-hydrogen) atoms. The molecule has 62 valence electrons. The zero-order valence-corrected chi connectivity index (χ0v) is 8.38. The summed E-state index contributed by atoms with van der Waals surface area (Å²) in [6.07, 6.45) is 0.583. The lowest BCUT2D eigenvalue weighted by Crippen LogP contribution is -2.68. The highest BCUT2D eigenvalue weighted by atomic mass is 127. The number of methoxy groups -OCH3 is 1. The van der Waals surface area contributed by atoms with Crippen molar-refractivity contribution in [3.8, 4) is 0 Å². The maximum atomic E-state index is 5.69. The molecule has 6 N–H and O–H groups in total. The molecular formula is C5H14IN3O. The molecule has 0 radical (unpaired) electrons. The number of alkyl halides is 1. The number of halogens is 1. The van der Waals surface area contributed by atoms with E-state index in [-0.39, 0.29) is 0 Å². The number of nitrogens with two attached hydrogens (primary N) is 3. The predicted octanol–water partition coefficient (Wildman–Crippen LogP) is -0.296. The molecule has 0 bridgehead atoms. The van der Waals surface area contributed by atoms with Crippen molar-refractivity contribution in [2.45, 2.75) is 22.7 Å². The SMILES string of the molecule is CCC(N)(OC)C(N)(N)I. The fourth-order valence-electron chi connectivity index (χ4n) is 0.572. The molecule has 0 heterocycles. The lowest BCUT2D eigenvalue weighted by molar-refractivity contribution is -0.0333. The van der Waals surface area contributed by atoms with Gasteiger partial charge in [0.05, 0.1) is 0 Å². The van der Waals surface area contributed by atoms with Gasteiger partial charge < -0.3 is 21.9 Å². The molecule has 0 aliphatic rings. The molecule has 0 aromatic heterocycles. The van der Waals surface area contributed by atoms with Crippen LogP contribution < -0.4 is 17.2 Å². The second-order valence-corrected chi connectivity index (χ2v) is 4.00. The van der Waals surface area contributed by atoms with Crippen molar-refractivity contribution in [3.05, 3.63) is 0 Å². The van der Waals surface area contributed by atoms with Gasteiger partial charge >= 0.3 is 0 Å². The first-order valence-electron chi connectivity index (χ1n) is 2.98. The third-order valence-electron chi connectivity index (χ3n) is 1.54. The monoisotopic (exact) mass is 259 g/mol. The molecule has 0 spiro atoms. The summed E-state index contributed by atoms with van der Waals surface area (Å²) < 4.78 is 3.95. The van der Waals surface area contributed by atoms with E-state index < -0.39 is 9.39 Å². The summed E-state index contributed by atoms with van der Waals surface area (Å²) in [6.45, 7) is 1.87. The van der Waals surface area contributed by atoms with Gasteiger partial charge in [-0.2, -0.15) is 0 Å². The second-order valence-electron chi connectivity index (χ2n) is 2.22. The number of hydrogen-bond acceptors (Lipinski definition) is 4. The molecule has 5 heteroatoms. The van der Waals surface area contributed by atoms with Crippen molar-refractivity contribution >= 4 is 22.6 Å². The molecule has 0 saturated heterocycles. The summed E-state index contributed by atoms with van der Waals surface area (Å²) in [5, 5.41) is 0. The van der Waals surface area contributed by atoms with E-state index in [0.717, 1.165) is 0 Å². The Morgan fingerprint density at radius 2 is 1.80 bits per heavy atom. The largest absolute Gasteiger partial charge is 0.360 e. The van der Waals surface area contributed by atoms with Gasteiger partial charge in [-0.05, 0) is 29.0 Å². The van der Waals surface area contributed by atoms with Crippen molar-refractivity contribution in [1.29, 1.82) is 0 Å². The number of rotatable bonds is 3. The van der Waals surface area contributed by atoms with Crippen LogP contribution >= 0.6 is 22.6 Å². The van der Waals surface area contributed by atoms with E-state index in [2.05, 4.69) is 0 Å². The summed E-state index contributed by atoms with van der Waals surface area (Å²) >= 11 is 1.86. The predicted molar refractivity (Wildman–Crippen MR) is 49.3 cm³/mol. The molecule has 0 aliphatic carbocycles. The maximum absolute atomic E-state index is 5.69. The zero-order chi connectivity index (χ0) is 8.41. The fourth-order valence-corrected chi connectivity index (χ4v) is 1.17. The normalized spacial score (nSPS) is 18.6. The maximum Gasteiger partial charge on any atom is 0.160 e. The van der Waals surface area contributed by atoms with E-state index in [1.165, 1.54) is 7.11 Å². The van der Waals surface area contributed by atoms with Gasteiger partial charge in [-0.25, -0.2) is 0 Å². The Morgan fingerprint density at radius 1 is 1.40 bits per heavy atom. The minimum Gasteiger partial charge on any atom is -0.360 e. The molecule has 0 aromatic rings. The lowest BCUT2D eigenvalue weighted by atomic mass is 10.1. The van der Waals surface area contributed by atoms with E-state index in [4.69, 9.17) is 21.9 Å². The molecule has 1 atom stereocenters. The average molecular weight is 259 g/mol. The quantitative estimate of drug-likeness (QED) is 0.281. The van der Waals surface area contributed by atoms with Crippen LogP contribution in [0.25, 0.3) is 0 Å². The summed E-state index contributed by atoms with van der Waals surface area (Å²) in [7, 11) is 1.50. The van der Waals surface area contributed by atoms with Crippen LogP contribution in [0.4, 0.5) is 0 Å². The van der Waals surface area contributed by atoms with E-state index in [0.29, 0.717) is 6.42 Å². The highest BCUT2D eigenvalue weighted by Crippen LogP contribution is 2.22. The second kappa shape index (κ2) is 3.31. The van der Waals surface area contributed by atoms with Crippen LogP contribution in [0.2, 0.25) is 0 Å². The topological polar surface area (TPSA) is 87.3 Å². The third kappa shape index (κ3) is 2.03. The van der Waals surface area contributed by atoms with Crippen LogP contribution in [0.1, 0.15) is 13.3 Å². The van der Waals surface area contributed by atoms with Crippen LogP contribution in [0.5, 0.6) is 0 Å². The van der Waals surface area contributed by atoms with E-state index >= 15 is 0 Å². The van der Waals surface area contributed by atoms with Crippen LogP contribution in [0.15, 0.2) is 0 Å². The number of hydrogen-bond donors (Lipinski definition) is 3. The third-order valence-corrected chi connectivity index (χ3v) is 2.45. The van der Waals surface area contributed by atoms with Gasteiger partial charge in [0.15, 0.2) is 9.39 Å². The van der Waals surface area contributed by atoms with Gasteiger partial charge in [0.25, 0.3) is 0 Å². The molecule has 0 rings (SSSR count). The average Bonchev–Trinajstić information content (AvgIpc) is 1.84.